The maximum Gasteiger partial charge on any atom is 0.232 e. The summed E-state index contributed by atoms with van der Waals surface area (Å²) in [6, 6.07) is 6.48. The molecule has 0 bridgehead atoms. The monoisotopic (exact) mass is 533 g/mol. The number of halogens is 2. The molecule has 188 valence electrons. The SMILES string of the molecule is CCCS(=O)(=O)Nc1c(F)ccc(C(=O)c2c[nH]c3ncc(-c4ccc(S(C)(=N)=O)nc4)cc23)c1F. The Bertz CT molecular complexity index is 1700. The number of benzene rings is 1. The van der Waals surface area contributed by atoms with Crippen molar-refractivity contribution in [2.45, 2.75) is 18.4 Å². The van der Waals surface area contributed by atoms with Crippen LogP contribution in [-0.2, 0) is 19.8 Å². The largest absolute Gasteiger partial charge is 0.345 e. The van der Waals surface area contributed by atoms with E-state index >= 15 is 4.39 Å². The van der Waals surface area contributed by atoms with Gasteiger partial charge in [-0.05, 0) is 36.8 Å². The van der Waals surface area contributed by atoms with Crippen molar-refractivity contribution < 1.29 is 26.2 Å². The predicted molar refractivity (Wildman–Crippen MR) is 132 cm³/mol. The second-order valence-electron chi connectivity index (χ2n) is 8.09. The number of nitrogens with zero attached hydrogens (tertiary/aromatic N) is 2. The number of rotatable bonds is 8. The van der Waals surface area contributed by atoms with Gasteiger partial charge >= 0.3 is 0 Å². The summed E-state index contributed by atoms with van der Waals surface area (Å²) in [5.74, 6) is -3.61. The lowest BCUT2D eigenvalue weighted by Gasteiger charge is -2.11. The first-order chi connectivity index (χ1) is 16.9. The average Bonchev–Trinajstić information content (AvgIpc) is 3.24. The summed E-state index contributed by atoms with van der Waals surface area (Å²) in [5, 5.41) is 0.466. The highest BCUT2D eigenvalue weighted by molar-refractivity contribution is 7.92. The van der Waals surface area contributed by atoms with E-state index in [0.29, 0.717) is 22.2 Å². The standard InChI is InChI=1S/C23H21F2N5O4S2/c1-3-8-36(33,34)30-21-18(24)6-5-15(20(21)25)22(31)17-12-29-23-16(17)9-14(11-28-23)13-4-7-19(27-10-13)35(2,26)32/h4-7,9-12,26,30H,3,8H2,1-2H3,(H,28,29). The van der Waals surface area contributed by atoms with Gasteiger partial charge in [-0.25, -0.2) is 36.2 Å². The van der Waals surface area contributed by atoms with Crippen LogP contribution in [-0.4, -0.2) is 45.4 Å². The van der Waals surface area contributed by atoms with Crippen molar-refractivity contribution in [1.82, 2.24) is 15.0 Å². The zero-order valence-corrected chi connectivity index (χ0v) is 20.8. The van der Waals surface area contributed by atoms with E-state index in [0.717, 1.165) is 12.1 Å². The second kappa shape index (κ2) is 9.39. The van der Waals surface area contributed by atoms with Gasteiger partial charge in [-0.15, -0.1) is 0 Å². The van der Waals surface area contributed by atoms with Crippen LogP contribution in [0.5, 0.6) is 0 Å². The van der Waals surface area contributed by atoms with Crippen LogP contribution < -0.4 is 4.72 Å². The molecule has 0 aliphatic carbocycles. The fourth-order valence-corrected chi connectivity index (χ4v) is 5.29. The summed E-state index contributed by atoms with van der Waals surface area (Å²) in [7, 11) is -6.99. The summed E-state index contributed by atoms with van der Waals surface area (Å²) in [6.45, 7) is 1.60. The number of hydrogen-bond donors (Lipinski definition) is 3. The molecule has 0 aliphatic heterocycles. The van der Waals surface area contributed by atoms with Gasteiger partial charge in [-0.1, -0.05) is 6.92 Å². The third-order valence-corrected chi connectivity index (χ3v) is 7.81. The van der Waals surface area contributed by atoms with Gasteiger partial charge in [0.2, 0.25) is 10.0 Å². The molecule has 0 saturated heterocycles. The number of carbonyl (C=O) groups excluding carboxylic acids is 1. The Morgan fingerprint density at radius 2 is 1.78 bits per heavy atom. The van der Waals surface area contributed by atoms with Crippen molar-refractivity contribution in [2.75, 3.05) is 16.7 Å². The maximum absolute atomic E-state index is 15.2. The highest BCUT2D eigenvalue weighted by atomic mass is 32.2. The molecule has 13 heteroatoms. The number of sulfonamides is 1. The van der Waals surface area contributed by atoms with Gasteiger partial charge in [0, 0.05) is 46.9 Å². The van der Waals surface area contributed by atoms with Crippen molar-refractivity contribution in [2.24, 2.45) is 0 Å². The van der Waals surface area contributed by atoms with Crippen molar-refractivity contribution >= 4 is 42.3 Å². The molecule has 0 radical (unpaired) electrons. The molecule has 0 fully saturated rings. The van der Waals surface area contributed by atoms with E-state index < -0.39 is 48.4 Å². The van der Waals surface area contributed by atoms with Gasteiger partial charge in [-0.3, -0.25) is 9.52 Å². The highest BCUT2D eigenvalue weighted by Crippen LogP contribution is 2.29. The molecule has 1 atom stereocenters. The van der Waals surface area contributed by atoms with Gasteiger partial charge in [0.25, 0.3) is 0 Å². The number of hydrogen-bond acceptors (Lipinski definition) is 7. The molecule has 0 amide bonds. The van der Waals surface area contributed by atoms with Crippen LogP contribution >= 0.6 is 0 Å². The number of pyridine rings is 2. The number of carbonyl (C=O) groups is 1. The second-order valence-corrected chi connectivity index (χ2v) is 12.0. The predicted octanol–water partition coefficient (Wildman–Crippen LogP) is 4.32. The first-order valence-electron chi connectivity index (χ1n) is 10.6. The van der Waals surface area contributed by atoms with Gasteiger partial charge in [0.05, 0.1) is 21.0 Å². The zero-order valence-electron chi connectivity index (χ0n) is 19.1. The summed E-state index contributed by atoms with van der Waals surface area (Å²) in [4.78, 5) is 24.4. The van der Waals surface area contributed by atoms with E-state index in [2.05, 4.69) is 15.0 Å². The van der Waals surface area contributed by atoms with Crippen molar-refractivity contribution in [3.63, 3.8) is 0 Å². The van der Waals surface area contributed by atoms with Gasteiger partial charge in [0.15, 0.2) is 11.6 Å². The molecule has 0 aliphatic rings. The fraction of sp³-hybridized carbons (Fsp3) is 0.174. The number of anilines is 1. The van der Waals surface area contributed by atoms with E-state index in [1.165, 1.54) is 30.9 Å². The molecule has 3 aromatic heterocycles. The van der Waals surface area contributed by atoms with E-state index in [4.69, 9.17) is 4.78 Å². The third kappa shape index (κ3) is 4.97. The molecule has 0 saturated carbocycles. The first kappa shape index (κ1) is 25.4. The smallest absolute Gasteiger partial charge is 0.232 e. The Morgan fingerprint density at radius 3 is 2.42 bits per heavy atom. The summed E-state index contributed by atoms with van der Waals surface area (Å²) >= 11 is 0. The molecule has 3 heterocycles. The zero-order chi connectivity index (χ0) is 26.3. The molecule has 4 rings (SSSR count). The van der Waals surface area contributed by atoms with E-state index in [1.807, 2.05) is 4.72 Å². The number of nitrogens with one attached hydrogen (secondary N) is 3. The van der Waals surface area contributed by atoms with Crippen LogP contribution in [0.2, 0.25) is 0 Å². The summed E-state index contributed by atoms with van der Waals surface area (Å²) in [5.41, 5.74) is 0.0739. The Labute approximate surface area is 206 Å². The fourth-order valence-electron chi connectivity index (χ4n) is 3.57. The van der Waals surface area contributed by atoms with Crippen LogP contribution in [0.25, 0.3) is 22.2 Å². The van der Waals surface area contributed by atoms with Crippen LogP contribution in [0.4, 0.5) is 14.5 Å². The molecule has 4 aromatic rings. The van der Waals surface area contributed by atoms with E-state index in [1.54, 1.807) is 19.1 Å². The summed E-state index contributed by atoms with van der Waals surface area (Å²) < 4.78 is 74.9. The molecular weight excluding hydrogens is 512 g/mol. The molecule has 1 aromatic carbocycles. The summed E-state index contributed by atoms with van der Waals surface area (Å²) in [6.07, 6.45) is 5.78. The lowest BCUT2D eigenvalue weighted by atomic mass is 10.0. The van der Waals surface area contributed by atoms with Crippen molar-refractivity contribution in [1.29, 1.82) is 4.78 Å². The Hall–Kier alpha value is -3.71. The lowest BCUT2D eigenvalue weighted by Crippen LogP contribution is -2.19. The van der Waals surface area contributed by atoms with Crippen LogP contribution in [0.1, 0.15) is 29.3 Å². The molecular formula is C23H21F2N5O4S2. The first-order valence-corrected chi connectivity index (χ1v) is 14.2. The number of H-pyrrole nitrogens is 1. The average molecular weight is 534 g/mol. The van der Waals surface area contributed by atoms with Gasteiger partial charge in [0.1, 0.15) is 22.2 Å². The van der Waals surface area contributed by atoms with Crippen LogP contribution in [0.15, 0.2) is 53.9 Å². The Balaban J connectivity index is 1.75. The third-order valence-electron chi connectivity index (χ3n) is 5.31. The lowest BCUT2D eigenvalue weighted by molar-refractivity contribution is 0.103. The number of ketones is 1. The normalized spacial score (nSPS) is 13.4. The quantitative estimate of drug-likeness (QED) is 0.288. The molecule has 3 N–H and O–H groups in total. The highest BCUT2D eigenvalue weighted by Gasteiger charge is 2.25. The van der Waals surface area contributed by atoms with E-state index in [-0.39, 0.29) is 22.8 Å². The Morgan fingerprint density at radius 1 is 1.06 bits per heavy atom. The number of aromatic nitrogens is 3. The molecule has 9 nitrogen and oxygen atoms in total. The molecule has 1 unspecified atom stereocenters. The number of aromatic amines is 1. The Kier molecular flexibility index (Phi) is 6.62. The van der Waals surface area contributed by atoms with Crippen molar-refractivity contribution in [3.8, 4) is 11.1 Å². The van der Waals surface area contributed by atoms with Crippen molar-refractivity contribution in [3.05, 3.63) is 71.7 Å². The van der Waals surface area contributed by atoms with Gasteiger partial charge in [-0.2, -0.15) is 0 Å². The van der Waals surface area contributed by atoms with E-state index in [9.17, 15) is 21.8 Å². The van der Waals surface area contributed by atoms with Crippen LogP contribution in [0, 0.1) is 16.4 Å². The minimum absolute atomic E-state index is 0.0412. The maximum atomic E-state index is 15.2. The number of fused-ring (bicyclic) bond motifs is 1. The minimum Gasteiger partial charge on any atom is -0.345 e. The minimum atomic E-state index is -4.00. The molecule has 0 spiro atoms. The van der Waals surface area contributed by atoms with Gasteiger partial charge < -0.3 is 4.98 Å². The topological polar surface area (TPSA) is 146 Å². The molecule has 36 heavy (non-hydrogen) atoms. The van der Waals surface area contributed by atoms with Crippen LogP contribution in [0.3, 0.4) is 0 Å².